The van der Waals surface area contributed by atoms with Crippen LogP contribution in [-0.4, -0.2) is 19.7 Å². The highest BCUT2D eigenvalue weighted by molar-refractivity contribution is 9.10. The fraction of sp³-hybridized carbons (Fsp3) is 0.250. The maximum Gasteiger partial charge on any atom is 0.339 e. The minimum atomic E-state index is -0.484. The van der Waals surface area contributed by atoms with Crippen molar-refractivity contribution in [3.05, 3.63) is 39.3 Å². The van der Waals surface area contributed by atoms with Gasteiger partial charge in [-0.2, -0.15) is 0 Å². The molecule has 92 valence electrons. The molecule has 0 N–H and O–H groups in total. The average molecular weight is 320 g/mol. The van der Waals surface area contributed by atoms with Crippen molar-refractivity contribution in [2.45, 2.75) is 6.92 Å². The molecule has 0 aliphatic heterocycles. The van der Waals surface area contributed by atoms with Gasteiger partial charge in [-0.1, -0.05) is 18.2 Å². The van der Waals surface area contributed by atoms with E-state index in [0.717, 1.165) is 5.57 Å². The summed E-state index contributed by atoms with van der Waals surface area (Å²) in [6, 6.07) is 3.14. The molecule has 0 fully saturated rings. The minimum Gasteiger partial charge on any atom is -0.488 e. The zero-order valence-electron chi connectivity index (χ0n) is 9.55. The number of esters is 1. The van der Waals surface area contributed by atoms with Crippen molar-refractivity contribution in [1.82, 2.24) is 0 Å². The van der Waals surface area contributed by atoms with Crippen molar-refractivity contribution in [3.63, 3.8) is 0 Å². The van der Waals surface area contributed by atoms with E-state index in [1.807, 2.05) is 6.92 Å². The fourth-order valence-electron chi connectivity index (χ4n) is 1.11. The number of rotatable bonds is 4. The number of benzene rings is 1. The van der Waals surface area contributed by atoms with Gasteiger partial charge in [-0.15, -0.1) is 0 Å². The molecule has 0 aromatic heterocycles. The molecule has 0 heterocycles. The third-order valence-electron chi connectivity index (χ3n) is 1.90. The van der Waals surface area contributed by atoms with E-state index in [1.54, 1.807) is 12.1 Å². The van der Waals surface area contributed by atoms with E-state index in [0.29, 0.717) is 22.4 Å². The van der Waals surface area contributed by atoms with Crippen molar-refractivity contribution in [1.29, 1.82) is 0 Å². The highest BCUT2D eigenvalue weighted by atomic mass is 79.9. The van der Waals surface area contributed by atoms with E-state index in [2.05, 4.69) is 27.2 Å². The number of hydrogen-bond acceptors (Lipinski definition) is 3. The van der Waals surface area contributed by atoms with Crippen molar-refractivity contribution in [2.24, 2.45) is 0 Å². The first-order valence-corrected chi connectivity index (χ1v) is 5.97. The quantitative estimate of drug-likeness (QED) is 0.625. The molecule has 0 radical (unpaired) electrons. The molecule has 0 aliphatic carbocycles. The molecule has 0 saturated heterocycles. The van der Waals surface area contributed by atoms with Crippen molar-refractivity contribution in [2.75, 3.05) is 13.7 Å². The molecule has 5 heteroatoms. The summed E-state index contributed by atoms with van der Waals surface area (Å²) in [4.78, 5) is 11.4. The Balaban J connectivity index is 3.01. The Hall–Kier alpha value is -1.00. The van der Waals surface area contributed by atoms with Crippen LogP contribution in [-0.2, 0) is 4.74 Å². The molecule has 3 nitrogen and oxygen atoms in total. The molecular formula is C12H12BrClO3. The number of methoxy groups -OCH3 is 1. The Kier molecular flexibility index (Phi) is 5.02. The van der Waals surface area contributed by atoms with E-state index in [4.69, 9.17) is 16.3 Å². The highest BCUT2D eigenvalue weighted by Crippen LogP contribution is 2.32. The van der Waals surface area contributed by atoms with Gasteiger partial charge in [-0.05, 0) is 34.5 Å². The van der Waals surface area contributed by atoms with E-state index in [9.17, 15) is 4.79 Å². The van der Waals surface area contributed by atoms with Crippen molar-refractivity contribution < 1.29 is 14.3 Å². The first-order chi connectivity index (χ1) is 7.95. The number of ether oxygens (including phenoxy) is 2. The Labute approximate surface area is 113 Å². The first-order valence-electron chi connectivity index (χ1n) is 4.80. The van der Waals surface area contributed by atoms with Gasteiger partial charge >= 0.3 is 5.97 Å². The highest BCUT2D eigenvalue weighted by Gasteiger charge is 2.14. The maximum atomic E-state index is 11.4. The Morgan fingerprint density at radius 2 is 2.18 bits per heavy atom. The van der Waals surface area contributed by atoms with Gasteiger partial charge < -0.3 is 9.47 Å². The van der Waals surface area contributed by atoms with Gasteiger partial charge in [0.05, 0.1) is 22.2 Å². The van der Waals surface area contributed by atoms with Gasteiger partial charge in [0.1, 0.15) is 12.4 Å². The van der Waals surface area contributed by atoms with Crippen LogP contribution in [0.1, 0.15) is 17.3 Å². The lowest BCUT2D eigenvalue weighted by atomic mass is 10.2. The third kappa shape index (κ3) is 3.75. The summed E-state index contributed by atoms with van der Waals surface area (Å²) in [6.45, 7) is 5.99. The van der Waals surface area contributed by atoms with Crippen molar-refractivity contribution >= 4 is 33.5 Å². The van der Waals surface area contributed by atoms with Gasteiger partial charge in [-0.3, -0.25) is 0 Å². The fourth-order valence-corrected chi connectivity index (χ4v) is 1.80. The summed E-state index contributed by atoms with van der Waals surface area (Å²) in [6.07, 6.45) is 0. The normalized spacial score (nSPS) is 9.88. The monoisotopic (exact) mass is 318 g/mol. The smallest absolute Gasteiger partial charge is 0.339 e. The summed E-state index contributed by atoms with van der Waals surface area (Å²) in [5, 5.41) is 0.289. The lowest BCUT2D eigenvalue weighted by Gasteiger charge is -2.10. The van der Waals surface area contributed by atoms with Crippen LogP contribution in [0.3, 0.4) is 0 Å². The minimum absolute atomic E-state index is 0.289. The SMILES string of the molecule is C=C(C)COc1cc(Cl)c(C(=O)OC)cc1Br. The summed E-state index contributed by atoms with van der Waals surface area (Å²) in [7, 11) is 1.30. The van der Waals surface area contributed by atoms with Gasteiger partial charge in [-0.25, -0.2) is 4.79 Å². The van der Waals surface area contributed by atoms with Crippen LogP contribution >= 0.6 is 27.5 Å². The Morgan fingerprint density at radius 3 is 2.71 bits per heavy atom. The molecular weight excluding hydrogens is 307 g/mol. The van der Waals surface area contributed by atoms with E-state index in [-0.39, 0.29) is 5.02 Å². The van der Waals surface area contributed by atoms with Crippen LogP contribution in [0, 0.1) is 0 Å². The molecule has 0 aliphatic rings. The summed E-state index contributed by atoms with van der Waals surface area (Å²) in [5.74, 6) is 0.0767. The second kappa shape index (κ2) is 6.07. The Morgan fingerprint density at radius 1 is 1.53 bits per heavy atom. The largest absolute Gasteiger partial charge is 0.488 e. The summed E-state index contributed by atoms with van der Waals surface area (Å²) >= 11 is 9.27. The summed E-state index contributed by atoms with van der Waals surface area (Å²) < 4.78 is 10.7. The molecule has 1 aromatic rings. The molecule has 0 saturated carbocycles. The molecule has 0 spiro atoms. The third-order valence-corrected chi connectivity index (χ3v) is 2.83. The zero-order chi connectivity index (χ0) is 13.0. The number of halogens is 2. The molecule has 0 bridgehead atoms. The van der Waals surface area contributed by atoms with Crippen LogP contribution in [0.5, 0.6) is 5.75 Å². The second-order valence-corrected chi connectivity index (χ2v) is 4.76. The number of carbonyl (C=O) groups excluding carboxylic acids is 1. The lowest BCUT2D eigenvalue weighted by molar-refractivity contribution is 0.0601. The van der Waals surface area contributed by atoms with Crippen LogP contribution in [0.25, 0.3) is 0 Å². The zero-order valence-corrected chi connectivity index (χ0v) is 11.9. The van der Waals surface area contributed by atoms with E-state index in [1.165, 1.54) is 7.11 Å². The van der Waals surface area contributed by atoms with Crippen molar-refractivity contribution in [3.8, 4) is 5.75 Å². The molecule has 1 aromatic carbocycles. The van der Waals surface area contributed by atoms with Gasteiger partial charge in [0, 0.05) is 6.07 Å². The molecule has 17 heavy (non-hydrogen) atoms. The molecule has 0 atom stereocenters. The predicted octanol–water partition coefficient (Wildman–Crippen LogP) is 3.84. The number of hydrogen-bond donors (Lipinski definition) is 0. The van der Waals surface area contributed by atoms with Crippen LogP contribution in [0.4, 0.5) is 0 Å². The topological polar surface area (TPSA) is 35.5 Å². The predicted molar refractivity (Wildman–Crippen MR) is 70.8 cm³/mol. The Bertz CT molecular complexity index is 457. The van der Waals surface area contributed by atoms with Crippen LogP contribution < -0.4 is 4.74 Å². The van der Waals surface area contributed by atoms with Crippen LogP contribution in [0.2, 0.25) is 5.02 Å². The van der Waals surface area contributed by atoms with E-state index >= 15 is 0 Å². The average Bonchev–Trinajstić information content (AvgIpc) is 2.28. The van der Waals surface area contributed by atoms with Gasteiger partial charge in [0.15, 0.2) is 0 Å². The molecule has 1 rings (SSSR count). The second-order valence-electron chi connectivity index (χ2n) is 3.50. The molecule has 0 amide bonds. The summed E-state index contributed by atoms with van der Waals surface area (Å²) in [5.41, 5.74) is 1.19. The lowest BCUT2D eigenvalue weighted by Crippen LogP contribution is -2.04. The van der Waals surface area contributed by atoms with Gasteiger partial charge in [0.2, 0.25) is 0 Å². The standard InChI is InChI=1S/C12H12BrClO3/c1-7(2)6-17-11-5-10(14)8(4-9(11)13)12(15)16-3/h4-5H,1,6H2,2-3H3. The maximum absolute atomic E-state index is 11.4. The van der Waals surface area contributed by atoms with Crippen LogP contribution in [0.15, 0.2) is 28.8 Å². The van der Waals surface area contributed by atoms with E-state index < -0.39 is 5.97 Å². The first kappa shape index (κ1) is 14.1. The molecule has 0 unspecified atom stereocenters. The number of carbonyl (C=O) groups is 1. The van der Waals surface area contributed by atoms with Gasteiger partial charge in [0.25, 0.3) is 0 Å².